The summed E-state index contributed by atoms with van der Waals surface area (Å²) >= 11 is 0. The van der Waals surface area contributed by atoms with Gasteiger partial charge in [-0.25, -0.2) is 0 Å². The first-order valence-electron chi connectivity index (χ1n) is 2.13. The van der Waals surface area contributed by atoms with Gasteiger partial charge in [-0.3, -0.25) is 0 Å². The zero-order chi connectivity index (χ0) is 10.3. The van der Waals surface area contributed by atoms with Crippen molar-refractivity contribution in [2.45, 2.75) is 0 Å². The van der Waals surface area contributed by atoms with Crippen LogP contribution in [0.15, 0.2) is 0 Å². The summed E-state index contributed by atoms with van der Waals surface area (Å²) in [6.45, 7) is 0. The number of carbonyl (C=O) groups is 4. The molecule has 0 aromatic heterocycles. The van der Waals surface area contributed by atoms with Crippen LogP contribution in [-0.2, 0) is 36.0 Å². The molecule has 75 valence electrons. The summed E-state index contributed by atoms with van der Waals surface area (Å²) in [4.78, 5) is 35.7. The average molecular weight is 259 g/mol. The molecule has 8 nitrogen and oxygen atoms in total. The molecule has 1 radical (unpaired) electrons. The third kappa shape index (κ3) is 22.5. The van der Waals surface area contributed by atoms with Gasteiger partial charge in [-0.2, -0.15) is 0 Å². The Kier molecular flexibility index (Phi) is 20.1. The Balaban J connectivity index is -0.0000000625. The summed E-state index contributed by atoms with van der Waals surface area (Å²) in [7, 11) is 0. The van der Waals surface area contributed by atoms with E-state index >= 15 is 0 Å². The minimum absolute atomic E-state index is 0. The van der Waals surface area contributed by atoms with E-state index in [4.69, 9.17) is 39.6 Å². The standard InChI is InChI=1S/2C2H2O4.Co.Mg/c2*3-1(4)2(5)6;;/h2*(H,3,4)(H,5,6);;/q;;2*+2/p-4. The first kappa shape index (κ1) is 23.2. The zero-order valence-electron chi connectivity index (χ0n) is 6.31. The van der Waals surface area contributed by atoms with Crippen molar-refractivity contribution in [3.63, 3.8) is 0 Å². The molecule has 0 spiro atoms. The molecular formula is C4CoMgO8. The molecule has 0 aliphatic heterocycles. The Hall–Kier alpha value is -0.847. The number of rotatable bonds is 0. The summed E-state index contributed by atoms with van der Waals surface area (Å²) in [5, 5.41) is 35.7. The molecule has 0 amide bonds. The van der Waals surface area contributed by atoms with Gasteiger partial charge in [0.25, 0.3) is 0 Å². The van der Waals surface area contributed by atoms with Gasteiger partial charge in [0, 0.05) is 0 Å². The Morgan fingerprint density at radius 3 is 0.643 bits per heavy atom. The predicted octanol–water partition coefficient (Wildman–Crippen LogP) is -7.41. The van der Waals surface area contributed by atoms with Gasteiger partial charge in [-0.05, 0) is 0 Å². The number of aliphatic carboxylic acids is 4. The molecule has 0 bridgehead atoms. The van der Waals surface area contributed by atoms with Crippen molar-refractivity contribution in [1.82, 2.24) is 0 Å². The Morgan fingerprint density at radius 1 is 0.571 bits per heavy atom. The molecule has 0 saturated heterocycles. The van der Waals surface area contributed by atoms with Crippen LogP contribution in [0.1, 0.15) is 0 Å². The number of hydrogen-bond donors (Lipinski definition) is 0. The van der Waals surface area contributed by atoms with Crippen molar-refractivity contribution in [3.05, 3.63) is 0 Å². The van der Waals surface area contributed by atoms with E-state index in [0.29, 0.717) is 0 Å². The molecule has 0 N–H and O–H groups in total. The molecule has 0 aromatic carbocycles. The van der Waals surface area contributed by atoms with Gasteiger partial charge in [0.1, 0.15) is 0 Å². The fourth-order valence-corrected chi connectivity index (χ4v) is 0. The van der Waals surface area contributed by atoms with E-state index < -0.39 is 23.9 Å². The summed E-state index contributed by atoms with van der Waals surface area (Å²) in [6, 6.07) is 0. The minimum Gasteiger partial charge on any atom is -0.543 e. The molecule has 0 heterocycles. The molecule has 0 saturated carbocycles. The third-order valence-corrected chi connectivity index (χ3v) is 0.333. The number of carboxylic acids is 4. The normalized spacial score (nSPS) is 6.29. The maximum Gasteiger partial charge on any atom is 2.00 e. The zero-order valence-corrected chi connectivity index (χ0v) is 8.76. The van der Waals surface area contributed by atoms with E-state index in [1.807, 2.05) is 0 Å². The number of hydrogen-bond acceptors (Lipinski definition) is 8. The minimum atomic E-state index is -2.19. The first-order valence-corrected chi connectivity index (χ1v) is 2.13. The first-order chi connectivity index (χ1) is 5.29. The molecule has 0 aliphatic carbocycles. The fourth-order valence-electron chi connectivity index (χ4n) is 0. The van der Waals surface area contributed by atoms with E-state index in [0.717, 1.165) is 0 Å². The van der Waals surface area contributed by atoms with Crippen molar-refractivity contribution in [2.75, 3.05) is 0 Å². The maximum atomic E-state index is 8.93. The van der Waals surface area contributed by atoms with Crippen LogP contribution < -0.4 is 20.4 Å². The molecule has 0 rings (SSSR count). The Bertz CT molecular complexity index is 177. The van der Waals surface area contributed by atoms with Crippen LogP contribution in [0, 0.1) is 0 Å². The van der Waals surface area contributed by atoms with Crippen LogP contribution in [0.2, 0.25) is 0 Å². The second kappa shape index (κ2) is 12.2. The van der Waals surface area contributed by atoms with E-state index in [2.05, 4.69) is 0 Å². The second-order valence-electron chi connectivity index (χ2n) is 1.15. The summed E-state index contributed by atoms with van der Waals surface area (Å²) < 4.78 is 0. The van der Waals surface area contributed by atoms with Gasteiger partial charge in [-0.15, -0.1) is 0 Å². The van der Waals surface area contributed by atoms with E-state index in [1.54, 1.807) is 0 Å². The van der Waals surface area contributed by atoms with Crippen molar-refractivity contribution in [3.8, 4) is 0 Å². The van der Waals surface area contributed by atoms with Crippen LogP contribution >= 0.6 is 0 Å². The van der Waals surface area contributed by atoms with Crippen LogP contribution in [0.5, 0.6) is 0 Å². The van der Waals surface area contributed by atoms with Crippen LogP contribution in [0.4, 0.5) is 0 Å². The third-order valence-electron chi connectivity index (χ3n) is 0.333. The fraction of sp³-hybridized carbons (Fsp3) is 0. The van der Waals surface area contributed by atoms with Gasteiger partial charge in [0.2, 0.25) is 0 Å². The number of carbonyl (C=O) groups excluding carboxylic acids is 4. The van der Waals surface area contributed by atoms with Crippen LogP contribution in [0.3, 0.4) is 0 Å². The topological polar surface area (TPSA) is 161 Å². The van der Waals surface area contributed by atoms with Crippen molar-refractivity contribution >= 4 is 46.9 Å². The maximum absolute atomic E-state index is 8.93. The van der Waals surface area contributed by atoms with Crippen molar-refractivity contribution < 1.29 is 56.4 Å². The summed E-state index contributed by atoms with van der Waals surface area (Å²) in [5.74, 6) is -8.74. The van der Waals surface area contributed by atoms with Crippen LogP contribution in [0.25, 0.3) is 0 Å². The Morgan fingerprint density at radius 2 is 0.643 bits per heavy atom. The molecule has 14 heavy (non-hydrogen) atoms. The number of carboxylic acid groups (broad SMARTS) is 4. The molecular weight excluding hydrogens is 259 g/mol. The average Bonchev–Trinajstić information content (AvgIpc) is 1.88. The molecule has 0 unspecified atom stereocenters. The van der Waals surface area contributed by atoms with Gasteiger partial charge in [-0.1, -0.05) is 0 Å². The van der Waals surface area contributed by atoms with Gasteiger partial charge >= 0.3 is 39.8 Å². The quantitative estimate of drug-likeness (QED) is 0.306. The molecule has 0 atom stereocenters. The van der Waals surface area contributed by atoms with Gasteiger partial charge in [0.05, 0.1) is 23.9 Å². The predicted molar refractivity (Wildman–Crippen MR) is 25.8 cm³/mol. The summed E-state index contributed by atoms with van der Waals surface area (Å²) in [6.07, 6.45) is 0. The van der Waals surface area contributed by atoms with Gasteiger partial charge in [0.15, 0.2) is 0 Å². The smallest absolute Gasteiger partial charge is 0.543 e. The summed E-state index contributed by atoms with van der Waals surface area (Å²) in [5.41, 5.74) is 0. The largest absolute Gasteiger partial charge is 2.00 e. The van der Waals surface area contributed by atoms with Crippen LogP contribution in [-0.4, -0.2) is 46.9 Å². The van der Waals surface area contributed by atoms with Gasteiger partial charge < -0.3 is 39.6 Å². The van der Waals surface area contributed by atoms with E-state index in [9.17, 15) is 0 Å². The second-order valence-corrected chi connectivity index (χ2v) is 1.15. The Labute approximate surface area is 103 Å². The monoisotopic (exact) mass is 259 g/mol. The van der Waals surface area contributed by atoms with E-state index in [-0.39, 0.29) is 39.8 Å². The van der Waals surface area contributed by atoms with Crippen molar-refractivity contribution in [1.29, 1.82) is 0 Å². The van der Waals surface area contributed by atoms with E-state index in [1.165, 1.54) is 0 Å². The molecule has 10 heteroatoms. The SMILES string of the molecule is O=C([O-])C(=O)[O-].O=C([O-])C(=O)[O-].[Co+2].[Mg+2]. The molecule has 0 fully saturated rings. The molecule has 0 aliphatic rings. The molecule has 0 aromatic rings. The van der Waals surface area contributed by atoms with Crippen molar-refractivity contribution in [2.24, 2.45) is 0 Å².